The molecule has 0 fully saturated rings. The van der Waals surface area contributed by atoms with Crippen LogP contribution in [0.1, 0.15) is 31.7 Å². The van der Waals surface area contributed by atoms with Crippen molar-refractivity contribution < 1.29 is 19.1 Å². The standard InChI is InChI=1S/C16H22BrNO4S/c1-4-21-15(19)14(16(20)22-5-2)12(8-9-23-3)11-6-7-13(17)18-10-11/h6-7,10,12,14H,4-5,8-9H2,1-3H3. The van der Waals surface area contributed by atoms with Crippen molar-refractivity contribution in [3.8, 4) is 0 Å². The van der Waals surface area contributed by atoms with Gasteiger partial charge >= 0.3 is 11.9 Å². The fraction of sp³-hybridized carbons (Fsp3) is 0.562. The van der Waals surface area contributed by atoms with Crippen LogP contribution in [0.25, 0.3) is 0 Å². The van der Waals surface area contributed by atoms with Crippen LogP contribution in [-0.4, -0.2) is 42.1 Å². The first-order valence-electron chi connectivity index (χ1n) is 7.48. The van der Waals surface area contributed by atoms with Crippen LogP contribution in [0.3, 0.4) is 0 Å². The third-order valence-corrected chi connectivity index (χ3v) is 4.41. The molecule has 5 nitrogen and oxygen atoms in total. The Morgan fingerprint density at radius 1 is 1.22 bits per heavy atom. The zero-order valence-electron chi connectivity index (χ0n) is 13.6. The first-order chi connectivity index (χ1) is 11.0. The van der Waals surface area contributed by atoms with Gasteiger partial charge in [-0.15, -0.1) is 0 Å². The van der Waals surface area contributed by atoms with Crippen LogP contribution in [0.15, 0.2) is 22.9 Å². The average Bonchev–Trinajstić information content (AvgIpc) is 2.52. The number of nitrogens with zero attached hydrogens (tertiary/aromatic N) is 1. The van der Waals surface area contributed by atoms with Gasteiger partial charge in [0.05, 0.1) is 13.2 Å². The molecule has 0 N–H and O–H groups in total. The lowest BCUT2D eigenvalue weighted by Gasteiger charge is -2.24. The number of pyridine rings is 1. The van der Waals surface area contributed by atoms with Gasteiger partial charge in [-0.25, -0.2) is 4.98 Å². The molecular formula is C16H22BrNO4S. The van der Waals surface area contributed by atoms with Crippen LogP contribution in [0.4, 0.5) is 0 Å². The predicted molar refractivity (Wildman–Crippen MR) is 94.4 cm³/mol. The van der Waals surface area contributed by atoms with Crippen LogP contribution < -0.4 is 0 Å². The summed E-state index contributed by atoms with van der Waals surface area (Å²) in [6.45, 7) is 3.89. The van der Waals surface area contributed by atoms with Gasteiger partial charge in [0.1, 0.15) is 4.60 Å². The van der Waals surface area contributed by atoms with Crippen molar-refractivity contribution in [2.45, 2.75) is 26.2 Å². The zero-order chi connectivity index (χ0) is 17.2. The van der Waals surface area contributed by atoms with Gasteiger partial charge in [0.25, 0.3) is 0 Å². The van der Waals surface area contributed by atoms with Gasteiger partial charge in [0, 0.05) is 12.1 Å². The topological polar surface area (TPSA) is 65.5 Å². The van der Waals surface area contributed by atoms with E-state index in [9.17, 15) is 9.59 Å². The van der Waals surface area contributed by atoms with Crippen molar-refractivity contribution in [2.75, 3.05) is 25.2 Å². The van der Waals surface area contributed by atoms with Gasteiger partial charge in [-0.05, 0) is 59.8 Å². The lowest BCUT2D eigenvalue weighted by atomic mass is 9.84. The number of esters is 2. The Kier molecular flexibility index (Phi) is 9.24. The highest BCUT2D eigenvalue weighted by Gasteiger charge is 2.38. The van der Waals surface area contributed by atoms with Gasteiger partial charge in [-0.2, -0.15) is 11.8 Å². The van der Waals surface area contributed by atoms with Crippen molar-refractivity contribution >= 4 is 39.6 Å². The maximum atomic E-state index is 12.3. The number of thioether (sulfide) groups is 1. The second-order valence-electron chi connectivity index (χ2n) is 4.78. The number of halogens is 1. The summed E-state index contributed by atoms with van der Waals surface area (Å²) in [5, 5.41) is 0. The molecule has 0 spiro atoms. The summed E-state index contributed by atoms with van der Waals surface area (Å²) >= 11 is 4.95. The molecule has 0 aliphatic rings. The molecule has 23 heavy (non-hydrogen) atoms. The van der Waals surface area contributed by atoms with E-state index in [1.807, 2.05) is 12.3 Å². The molecule has 0 saturated carbocycles. The van der Waals surface area contributed by atoms with Crippen LogP contribution in [-0.2, 0) is 19.1 Å². The van der Waals surface area contributed by atoms with Crippen molar-refractivity contribution in [2.24, 2.45) is 5.92 Å². The highest BCUT2D eigenvalue weighted by atomic mass is 79.9. The van der Waals surface area contributed by atoms with Crippen LogP contribution in [0.2, 0.25) is 0 Å². The van der Waals surface area contributed by atoms with Gasteiger partial charge in [0.2, 0.25) is 0 Å². The Bertz CT molecular complexity index is 491. The van der Waals surface area contributed by atoms with Crippen LogP contribution in [0, 0.1) is 5.92 Å². The van der Waals surface area contributed by atoms with Crippen molar-refractivity contribution in [3.05, 3.63) is 28.5 Å². The summed E-state index contributed by atoms with van der Waals surface area (Å²) in [7, 11) is 0. The Morgan fingerprint density at radius 3 is 2.26 bits per heavy atom. The SMILES string of the molecule is CCOC(=O)C(C(=O)OCC)C(CCSC)c1ccc(Br)nc1. The number of carbonyl (C=O) groups is 2. The van der Waals surface area contributed by atoms with Gasteiger partial charge in [-0.3, -0.25) is 9.59 Å². The summed E-state index contributed by atoms with van der Waals surface area (Å²) in [6.07, 6.45) is 4.33. The predicted octanol–water partition coefficient (Wildman–Crippen LogP) is 3.42. The number of ether oxygens (including phenoxy) is 2. The third-order valence-electron chi connectivity index (χ3n) is 3.29. The van der Waals surface area contributed by atoms with E-state index in [0.717, 1.165) is 11.3 Å². The van der Waals surface area contributed by atoms with E-state index >= 15 is 0 Å². The molecule has 128 valence electrons. The van der Waals surface area contributed by atoms with Crippen molar-refractivity contribution in [3.63, 3.8) is 0 Å². The lowest BCUT2D eigenvalue weighted by molar-refractivity contribution is -0.162. The fourth-order valence-corrected chi connectivity index (χ4v) is 2.99. The van der Waals surface area contributed by atoms with Gasteiger partial charge < -0.3 is 9.47 Å². The number of rotatable bonds is 9. The first kappa shape index (κ1) is 20.0. The normalized spacial score (nSPS) is 12.0. The number of hydrogen-bond donors (Lipinski definition) is 0. The largest absolute Gasteiger partial charge is 0.465 e. The molecule has 1 aromatic rings. The molecule has 1 aromatic heterocycles. The van der Waals surface area contributed by atoms with Crippen LogP contribution in [0.5, 0.6) is 0 Å². The number of aromatic nitrogens is 1. The highest BCUT2D eigenvalue weighted by Crippen LogP contribution is 2.31. The van der Waals surface area contributed by atoms with E-state index in [-0.39, 0.29) is 19.1 Å². The minimum Gasteiger partial charge on any atom is -0.465 e. The molecule has 1 atom stereocenters. The average molecular weight is 404 g/mol. The molecule has 0 aliphatic carbocycles. The molecule has 1 rings (SSSR count). The molecule has 0 saturated heterocycles. The fourth-order valence-electron chi connectivity index (χ4n) is 2.27. The van der Waals surface area contributed by atoms with E-state index in [0.29, 0.717) is 11.0 Å². The molecule has 1 heterocycles. The summed E-state index contributed by atoms with van der Waals surface area (Å²) in [4.78, 5) is 28.9. The molecule has 0 radical (unpaired) electrons. The van der Waals surface area contributed by atoms with Gasteiger partial charge in [0.15, 0.2) is 5.92 Å². The maximum absolute atomic E-state index is 12.3. The van der Waals surface area contributed by atoms with Crippen molar-refractivity contribution in [1.29, 1.82) is 0 Å². The molecule has 7 heteroatoms. The molecule has 0 aliphatic heterocycles. The molecule has 0 bridgehead atoms. The Morgan fingerprint density at radius 2 is 1.83 bits per heavy atom. The van der Waals surface area contributed by atoms with E-state index in [1.54, 1.807) is 37.9 Å². The first-order valence-corrected chi connectivity index (χ1v) is 9.67. The Balaban J connectivity index is 3.16. The number of hydrogen-bond acceptors (Lipinski definition) is 6. The third kappa shape index (κ3) is 6.14. The summed E-state index contributed by atoms with van der Waals surface area (Å²) < 4.78 is 10.9. The van der Waals surface area contributed by atoms with Gasteiger partial charge in [-0.1, -0.05) is 6.07 Å². The molecular weight excluding hydrogens is 382 g/mol. The lowest BCUT2D eigenvalue weighted by Crippen LogP contribution is -2.34. The van der Waals surface area contributed by atoms with Crippen molar-refractivity contribution in [1.82, 2.24) is 4.98 Å². The summed E-state index contributed by atoms with van der Waals surface area (Å²) in [5.74, 6) is -1.55. The molecule has 0 aromatic carbocycles. The molecule has 1 unspecified atom stereocenters. The van der Waals surface area contributed by atoms with E-state index < -0.39 is 17.9 Å². The highest BCUT2D eigenvalue weighted by molar-refractivity contribution is 9.10. The quantitative estimate of drug-likeness (QED) is 0.357. The summed E-state index contributed by atoms with van der Waals surface area (Å²) in [5.41, 5.74) is 0.827. The minimum atomic E-state index is -0.968. The van der Waals surface area contributed by atoms with E-state index in [1.165, 1.54) is 0 Å². The Labute approximate surface area is 149 Å². The second-order valence-corrected chi connectivity index (χ2v) is 6.58. The zero-order valence-corrected chi connectivity index (χ0v) is 16.0. The molecule has 0 amide bonds. The Hall–Kier alpha value is -1.08. The number of carbonyl (C=O) groups excluding carboxylic acids is 2. The maximum Gasteiger partial charge on any atom is 0.320 e. The second kappa shape index (κ2) is 10.6. The minimum absolute atomic E-state index is 0.225. The van der Waals surface area contributed by atoms with Crippen LogP contribution >= 0.6 is 27.7 Å². The van der Waals surface area contributed by atoms with E-state index in [2.05, 4.69) is 20.9 Å². The summed E-state index contributed by atoms with van der Waals surface area (Å²) in [6, 6.07) is 3.67. The monoisotopic (exact) mass is 403 g/mol. The smallest absolute Gasteiger partial charge is 0.320 e. The van der Waals surface area contributed by atoms with E-state index in [4.69, 9.17) is 9.47 Å².